The number of alkyl carbamates (subject to hydrolysis) is 1. The third-order valence-electron chi connectivity index (χ3n) is 5.36. The van der Waals surface area contributed by atoms with Crippen LogP contribution in [0.15, 0.2) is 48.5 Å². The second-order valence-electron chi connectivity index (χ2n) is 7.39. The maximum absolute atomic E-state index is 12.5. The number of aliphatic carboxylic acids is 1. The van der Waals surface area contributed by atoms with Gasteiger partial charge in [-0.15, -0.1) is 0 Å². The Morgan fingerprint density at radius 2 is 1.59 bits per heavy atom. The molecule has 0 heterocycles. The number of fused-ring (bicyclic) bond motifs is 3. The van der Waals surface area contributed by atoms with E-state index in [1.54, 1.807) is 0 Å². The number of rotatable bonds is 10. The number of amides is 2. The molecule has 0 aromatic heterocycles. The quantitative estimate of drug-likeness (QED) is 0.430. The summed E-state index contributed by atoms with van der Waals surface area (Å²) in [4.78, 5) is 36.1. The Morgan fingerprint density at radius 3 is 2.12 bits per heavy atom. The molecule has 3 rings (SSSR count). The van der Waals surface area contributed by atoms with E-state index in [1.165, 1.54) is 11.8 Å². The molecule has 2 aromatic carbocycles. The summed E-state index contributed by atoms with van der Waals surface area (Å²) in [6.45, 7) is -0.646. The summed E-state index contributed by atoms with van der Waals surface area (Å²) in [5.41, 5.74) is 4.37. The number of carboxylic acid groups (broad SMARTS) is 1. The summed E-state index contributed by atoms with van der Waals surface area (Å²) in [6.07, 6.45) is 1.38. The van der Waals surface area contributed by atoms with E-state index in [0.29, 0.717) is 5.75 Å². The maximum Gasteiger partial charge on any atom is 0.407 e. The van der Waals surface area contributed by atoms with E-state index in [0.717, 1.165) is 22.3 Å². The first-order valence-corrected chi connectivity index (χ1v) is 11.6. The largest absolute Gasteiger partial charge is 0.480 e. The minimum Gasteiger partial charge on any atom is -0.480 e. The van der Waals surface area contributed by atoms with Gasteiger partial charge in [-0.1, -0.05) is 48.5 Å². The predicted molar refractivity (Wildman–Crippen MR) is 122 cm³/mol. The molecule has 2 aromatic rings. The molecule has 0 aliphatic heterocycles. The fourth-order valence-electron chi connectivity index (χ4n) is 3.74. The van der Waals surface area contributed by atoms with Crippen molar-refractivity contribution in [3.8, 4) is 11.1 Å². The number of ether oxygens (including phenoxy) is 1. The first-order valence-electron chi connectivity index (χ1n) is 10.2. The van der Waals surface area contributed by atoms with Crippen LogP contribution in [-0.4, -0.2) is 65.5 Å². The van der Waals surface area contributed by atoms with E-state index in [1.807, 2.05) is 54.8 Å². The van der Waals surface area contributed by atoms with E-state index in [2.05, 4.69) is 10.6 Å². The Bertz CT molecular complexity index is 937. The molecule has 2 atom stereocenters. The Balaban J connectivity index is 1.65. The van der Waals surface area contributed by atoms with E-state index in [9.17, 15) is 14.4 Å². The first-order chi connectivity index (χ1) is 15.5. The predicted octanol–water partition coefficient (Wildman–Crippen LogP) is 2.21. The third-order valence-corrected chi connectivity index (χ3v) is 6.00. The lowest BCUT2D eigenvalue weighted by molar-refractivity contribution is -0.143. The lowest BCUT2D eigenvalue weighted by Crippen LogP contribution is -2.53. The normalized spacial score (nSPS) is 14.1. The minimum atomic E-state index is -1.44. The van der Waals surface area contributed by atoms with Gasteiger partial charge in [-0.2, -0.15) is 11.8 Å². The second-order valence-corrected chi connectivity index (χ2v) is 8.37. The standard InChI is InChI=1S/C23H26N2O6S/c1-32-11-10-19(21(27)24-20(12-26)22(28)29)25-23(30)31-13-18-16-8-4-2-6-14(16)15-7-3-5-9-17(15)18/h2-9,18-20,26H,10-13H2,1H3,(H,24,27)(H,25,30)(H,28,29)/t19-,20?/m0/s1. The van der Waals surface area contributed by atoms with Crippen LogP contribution in [0.25, 0.3) is 11.1 Å². The summed E-state index contributed by atoms with van der Waals surface area (Å²) in [7, 11) is 0. The molecule has 9 heteroatoms. The first kappa shape index (κ1) is 23.6. The van der Waals surface area contributed by atoms with Crippen molar-refractivity contribution in [2.24, 2.45) is 0 Å². The maximum atomic E-state index is 12.5. The summed E-state index contributed by atoms with van der Waals surface area (Å²) in [5, 5.41) is 22.9. The van der Waals surface area contributed by atoms with Gasteiger partial charge < -0.3 is 25.6 Å². The smallest absolute Gasteiger partial charge is 0.407 e. The monoisotopic (exact) mass is 458 g/mol. The van der Waals surface area contributed by atoms with E-state index in [-0.39, 0.29) is 18.9 Å². The second kappa shape index (κ2) is 11.0. The number of carbonyl (C=O) groups excluding carboxylic acids is 2. The highest BCUT2D eigenvalue weighted by Crippen LogP contribution is 2.44. The van der Waals surface area contributed by atoms with Crippen LogP contribution < -0.4 is 10.6 Å². The van der Waals surface area contributed by atoms with Gasteiger partial charge in [-0.25, -0.2) is 9.59 Å². The number of hydrogen-bond acceptors (Lipinski definition) is 6. The number of thioether (sulfide) groups is 1. The van der Waals surface area contributed by atoms with Crippen LogP contribution in [0.1, 0.15) is 23.5 Å². The van der Waals surface area contributed by atoms with Crippen LogP contribution >= 0.6 is 11.8 Å². The molecule has 2 amide bonds. The SMILES string of the molecule is CSCC[C@H](NC(=O)OCC1c2ccccc2-c2ccccc21)C(=O)NC(CO)C(=O)O. The molecule has 0 bridgehead atoms. The Hall–Kier alpha value is -3.04. The fraction of sp³-hybridized carbons (Fsp3) is 0.348. The summed E-state index contributed by atoms with van der Waals surface area (Å²) >= 11 is 1.49. The number of hydrogen-bond donors (Lipinski definition) is 4. The van der Waals surface area contributed by atoms with E-state index < -0.39 is 36.7 Å². The Kier molecular flexibility index (Phi) is 8.13. The van der Waals surface area contributed by atoms with Crippen molar-refractivity contribution in [1.29, 1.82) is 0 Å². The molecule has 1 aliphatic rings. The van der Waals surface area contributed by atoms with Gasteiger partial charge in [-0.05, 0) is 40.7 Å². The van der Waals surface area contributed by atoms with Crippen LogP contribution in [0.2, 0.25) is 0 Å². The number of benzene rings is 2. The average molecular weight is 459 g/mol. The van der Waals surface area contributed by atoms with Gasteiger partial charge in [0, 0.05) is 5.92 Å². The Labute approximate surface area is 190 Å². The van der Waals surface area contributed by atoms with Crippen LogP contribution in [0.5, 0.6) is 0 Å². The highest BCUT2D eigenvalue weighted by atomic mass is 32.2. The van der Waals surface area contributed by atoms with Crippen LogP contribution in [0, 0.1) is 0 Å². The molecular weight excluding hydrogens is 432 g/mol. The molecule has 170 valence electrons. The molecule has 8 nitrogen and oxygen atoms in total. The number of nitrogens with one attached hydrogen (secondary N) is 2. The van der Waals surface area contributed by atoms with Crippen molar-refractivity contribution in [3.05, 3.63) is 59.7 Å². The van der Waals surface area contributed by atoms with E-state index >= 15 is 0 Å². The van der Waals surface area contributed by atoms with Gasteiger partial charge in [0.25, 0.3) is 0 Å². The fourth-order valence-corrected chi connectivity index (χ4v) is 4.22. The number of aliphatic hydroxyl groups is 1. The summed E-state index contributed by atoms with van der Waals surface area (Å²) in [6, 6.07) is 13.5. The molecular formula is C23H26N2O6S. The van der Waals surface area contributed by atoms with Crippen LogP contribution in [0.4, 0.5) is 4.79 Å². The summed E-state index contributed by atoms with van der Waals surface area (Å²) < 4.78 is 5.48. The zero-order chi connectivity index (χ0) is 23.1. The summed E-state index contributed by atoms with van der Waals surface area (Å²) in [5.74, 6) is -1.59. The molecule has 1 aliphatic carbocycles. The van der Waals surface area contributed by atoms with E-state index in [4.69, 9.17) is 14.9 Å². The van der Waals surface area contributed by atoms with Crippen LogP contribution in [-0.2, 0) is 14.3 Å². The zero-order valence-electron chi connectivity index (χ0n) is 17.6. The van der Waals surface area contributed by atoms with Crippen molar-refractivity contribution in [3.63, 3.8) is 0 Å². The van der Waals surface area contributed by atoms with Crippen LogP contribution in [0.3, 0.4) is 0 Å². The van der Waals surface area contributed by atoms with Gasteiger partial charge >= 0.3 is 12.1 Å². The van der Waals surface area contributed by atoms with Gasteiger partial charge in [0.05, 0.1) is 6.61 Å². The molecule has 0 fully saturated rings. The molecule has 4 N–H and O–H groups in total. The zero-order valence-corrected chi connectivity index (χ0v) is 18.4. The molecule has 0 saturated heterocycles. The van der Waals surface area contributed by atoms with Crippen molar-refractivity contribution in [1.82, 2.24) is 10.6 Å². The van der Waals surface area contributed by atoms with Crippen molar-refractivity contribution >= 4 is 29.7 Å². The molecule has 1 unspecified atom stereocenters. The molecule has 32 heavy (non-hydrogen) atoms. The van der Waals surface area contributed by atoms with Crippen molar-refractivity contribution in [2.75, 3.05) is 25.2 Å². The average Bonchev–Trinajstić information content (AvgIpc) is 3.12. The lowest BCUT2D eigenvalue weighted by atomic mass is 9.98. The number of carboxylic acids is 1. The highest BCUT2D eigenvalue weighted by Gasteiger charge is 2.30. The van der Waals surface area contributed by atoms with Gasteiger partial charge in [-0.3, -0.25) is 4.79 Å². The minimum absolute atomic E-state index is 0.102. The molecule has 0 saturated carbocycles. The molecule has 0 spiro atoms. The lowest BCUT2D eigenvalue weighted by Gasteiger charge is -2.21. The van der Waals surface area contributed by atoms with Crippen molar-refractivity contribution < 1.29 is 29.3 Å². The number of aliphatic hydroxyl groups excluding tert-OH is 1. The number of carbonyl (C=O) groups is 3. The van der Waals surface area contributed by atoms with Gasteiger partial charge in [0.1, 0.15) is 18.7 Å². The Morgan fingerprint density at radius 1 is 1.00 bits per heavy atom. The van der Waals surface area contributed by atoms with Crippen molar-refractivity contribution in [2.45, 2.75) is 24.4 Å². The van der Waals surface area contributed by atoms with Gasteiger partial charge in [0.15, 0.2) is 0 Å². The third kappa shape index (κ3) is 5.41. The van der Waals surface area contributed by atoms with Gasteiger partial charge in [0.2, 0.25) is 5.91 Å². The topological polar surface area (TPSA) is 125 Å². The molecule has 0 radical (unpaired) electrons. The highest BCUT2D eigenvalue weighted by molar-refractivity contribution is 7.98.